The predicted molar refractivity (Wildman–Crippen MR) is 113 cm³/mol. The molecule has 3 aromatic rings. The van der Waals surface area contributed by atoms with Gasteiger partial charge in [0.25, 0.3) is 0 Å². The van der Waals surface area contributed by atoms with Crippen LogP contribution in [-0.4, -0.2) is 33.1 Å². The Morgan fingerprint density at radius 1 is 1.07 bits per heavy atom. The van der Waals surface area contributed by atoms with Gasteiger partial charge in [-0.25, -0.2) is 9.67 Å². The molecular formula is C21H20BrN5O2. The van der Waals surface area contributed by atoms with Crippen LogP contribution in [0.25, 0.3) is 5.69 Å². The summed E-state index contributed by atoms with van der Waals surface area (Å²) in [7, 11) is 0. The molecule has 1 heterocycles. The minimum atomic E-state index is -0.527. The number of hydrogen-bond acceptors (Lipinski definition) is 4. The molecule has 7 nitrogen and oxygen atoms in total. The van der Waals surface area contributed by atoms with Gasteiger partial charge in [-0.2, -0.15) is 5.10 Å². The molecule has 8 heteroatoms. The van der Waals surface area contributed by atoms with Crippen molar-refractivity contribution in [2.24, 2.45) is 0 Å². The van der Waals surface area contributed by atoms with E-state index in [1.165, 1.54) is 6.33 Å². The lowest BCUT2D eigenvalue weighted by molar-refractivity contribution is -0.131. The summed E-state index contributed by atoms with van der Waals surface area (Å²) in [5.41, 5.74) is 1.96. The second-order valence-corrected chi connectivity index (χ2v) is 7.98. The van der Waals surface area contributed by atoms with Gasteiger partial charge in [-0.05, 0) is 54.8 Å². The Kier molecular flexibility index (Phi) is 5.44. The molecule has 29 heavy (non-hydrogen) atoms. The maximum absolute atomic E-state index is 12.8. The molecule has 2 N–H and O–H groups in total. The Bertz CT molecular complexity index is 997. The maximum Gasteiger partial charge on any atom is 0.243 e. The van der Waals surface area contributed by atoms with Crippen molar-refractivity contribution in [2.45, 2.75) is 24.7 Å². The molecule has 0 spiro atoms. The Balaban J connectivity index is 1.34. The SMILES string of the molecule is O=C(CNC(=O)C1(c2ccc(Br)cc2)CCC1)Nc1ccc(-n2cncn2)cc1. The fourth-order valence-corrected chi connectivity index (χ4v) is 3.78. The number of amides is 2. The lowest BCUT2D eigenvalue weighted by atomic mass is 9.64. The van der Waals surface area contributed by atoms with Crippen LogP contribution in [0.15, 0.2) is 65.7 Å². The first-order chi connectivity index (χ1) is 14.1. The third-order valence-corrected chi connectivity index (χ3v) is 5.81. The van der Waals surface area contributed by atoms with Crippen molar-refractivity contribution in [3.05, 3.63) is 71.2 Å². The molecule has 1 aromatic heterocycles. The van der Waals surface area contributed by atoms with Crippen LogP contribution in [0.5, 0.6) is 0 Å². The monoisotopic (exact) mass is 453 g/mol. The van der Waals surface area contributed by atoms with Crippen molar-refractivity contribution in [2.75, 3.05) is 11.9 Å². The Morgan fingerprint density at radius 3 is 2.38 bits per heavy atom. The van der Waals surface area contributed by atoms with E-state index in [1.807, 2.05) is 36.4 Å². The number of halogens is 1. The zero-order valence-corrected chi connectivity index (χ0v) is 17.2. The number of aromatic nitrogens is 3. The summed E-state index contributed by atoms with van der Waals surface area (Å²) in [5.74, 6) is -0.361. The minimum absolute atomic E-state index is 0.0675. The maximum atomic E-state index is 12.8. The van der Waals surface area contributed by atoms with Gasteiger partial charge in [0.15, 0.2) is 0 Å². The van der Waals surface area contributed by atoms with E-state index in [1.54, 1.807) is 23.1 Å². The molecule has 2 amide bonds. The molecule has 0 saturated heterocycles. The number of nitrogens with one attached hydrogen (secondary N) is 2. The van der Waals surface area contributed by atoms with E-state index in [0.717, 1.165) is 35.0 Å². The van der Waals surface area contributed by atoms with Crippen molar-refractivity contribution >= 4 is 33.4 Å². The molecule has 0 unspecified atom stereocenters. The van der Waals surface area contributed by atoms with Gasteiger partial charge in [0.2, 0.25) is 11.8 Å². The molecule has 0 bridgehead atoms. The van der Waals surface area contributed by atoms with Crippen LogP contribution in [0.4, 0.5) is 5.69 Å². The number of rotatable bonds is 6. The van der Waals surface area contributed by atoms with Crippen molar-refractivity contribution in [3.8, 4) is 5.69 Å². The van der Waals surface area contributed by atoms with E-state index < -0.39 is 5.41 Å². The first-order valence-electron chi connectivity index (χ1n) is 9.36. The Labute approximate surface area is 176 Å². The summed E-state index contributed by atoms with van der Waals surface area (Å²) in [4.78, 5) is 29.0. The summed E-state index contributed by atoms with van der Waals surface area (Å²) in [6, 6.07) is 15.1. The fraction of sp³-hybridized carbons (Fsp3) is 0.238. The molecule has 1 aliphatic rings. The molecule has 1 aliphatic carbocycles. The molecule has 148 valence electrons. The normalized spacial score (nSPS) is 14.7. The van der Waals surface area contributed by atoms with Crippen LogP contribution < -0.4 is 10.6 Å². The molecule has 1 saturated carbocycles. The van der Waals surface area contributed by atoms with Gasteiger partial charge in [0, 0.05) is 10.2 Å². The summed E-state index contributed by atoms with van der Waals surface area (Å²) >= 11 is 3.42. The Morgan fingerprint density at radius 2 is 1.79 bits per heavy atom. The van der Waals surface area contributed by atoms with Gasteiger partial charge in [-0.15, -0.1) is 0 Å². The second kappa shape index (κ2) is 8.16. The lowest BCUT2D eigenvalue weighted by Gasteiger charge is -2.40. The van der Waals surface area contributed by atoms with Gasteiger partial charge >= 0.3 is 0 Å². The first kappa shape index (κ1) is 19.3. The van der Waals surface area contributed by atoms with Gasteiger partial charge < -0.3 is 10.6 Å². The van der Waals surface area contributed by atoms with E-state index >= 15 is 0 Å². The topological polar surface area (TPSA) is 88.9 Å². The third kappa shape index (κ3) is 4.07. The minimum Gasteiger partial charge on any atom is -0.346 e. The van der Waals surface area contributed by atoms with E-state index in [-0.39, 0.29) is 18.4 Å². The highest BCUT2D eigenvalue weighted by Crippen LogP contribution is 2.44. The second-order valence-electron chi connectivity index (χ2n) is 7.06. The number of anilines is 1. The average molecular weight is 454 g/mol. The molecule has 0 aliphatic heterocycles. The van der Waals surface area contributed by atoms with E-state index in [0.29, 0.717) is 5.69 Å². The van der Waals surface area contributed by atoms with Gasteiger partial charge in [0.05, 0.1) is 17.6 Å². The van der Waals surface area contributed by atoms with Crippen molar-refractivity contribution in [1.29, 1.82) is 0 Å². The Hall–Kier alpha value is -3.00. The highest BCUT2D eigenvalue weighted by molar-refractivity contribution is 9.10. The quantitative estimate of drug-likeness (QED) is 0.599. The van der Waals surface area contributed by atoms with Crippen LogP contribution in [0, 0.1) is 0 Å². The average Bonchev–Trinajstić information content (AvgIpc) is 3.22. The summed E-state index contributed by atoms with van der Waals surface area (Å²) < 4.78 is 2.61. The molecule has 0 radical (unpaired) electrons. The van der Waals surface area contributed by atoms with Crippen LogP contribution in [0.3, 0.4) is 0 Å². The third-order valence-electron chi connectivity index (χ3n) is 5.28. The highest BCUT2D eigenvalue weighted by Gasteiger charge is 2.45. The standard InChI is InChI=1S/C21H20BrN5O2/c22-16-4-2-15(3-5-16)21(10-1-11-21)20(29)24-12-19(28)26-17-6-8-18(9-7-17)27-14-23-13-25-27/h2-9,13-14H,1,10-12H2,(H,24,29)(H,26,28). The molecule has 4 rings (SSSR count). The van der Waals surface area contributed by atoms with Crippen LogP contribution in [0.2, 0.25) is 0 Å². The first-order valence-corrected chi connectivity index (χ1v) is 10.2. The van der Waals surface area contributed by atoms with Crippen LogP contribution >= 0.6 is 15.9 Å². The van der Waals surface area contributed by atoms with Gasteiger partial charge in [0.1, 0.15) is 12.7 Å². The number of carbonyl (C=O) groups is 2. The summed E-state index contributed by atoms with van der Waals surface area (Å²) in [6.45, 7) is -0.0675. The van der Waals surface area contributed by atoms with Gasteiger partial charge in [-0.1, -0.05) is 34.5 Å². The highest BCUT2D eigenvalue weighted by atomic mass is 79.9. The van der Waals surface area contributed by atoms with Crippen LogP contribution in [0.1, 0.15) is 24.8 Å². The number of benzene rings is 2. The van der Waals surface area contributed by atoms with Crippen molar-refractivity contribution < 1.29 is 9.59 Å². The van der Waals surface area contributed by atoms with Gasteiger partial charge in [-0.3, -0.25) is 9.59 Å². The summed E-state index contributed by atoms with van der Waals surface area (Å²) in [5, 5.41) is 9.67. The zero-order chi connectivity index (χ0) is 20.3. The smallest absolute Gasteiger partial charge is 0.243 e. The van der Waals surface area contributed by atoms with E-state index in [9.17, 15) is 9.59 Å². The number of nitrogens with zero attached hydrogens (tertiary/aromatic N) is 3. The molecular weight excluding hydrogens is 434 g/mol. The van der Waals surface area contributed by atoms with E-state index in [2.05, 4.69) is 36.6 Å². The molecule has 2 aromatic carbocycles. The number of carbonyl (C=O) groups excluding carboxylic acids is 2. The fourth-order valence-electron chi connectivity index (χ4n) is 3.52. The zero-order valence-electron chi connectivity index (χ0n) is 15.6. The molecule has 1 fully saturated rings. The largest absolute Gasteiger partial charge is 0.346 e. The van der Waals surface area contributed by atoms with E-state index in [4.69, 9.17) is 0 Å². The summed E-state index contributed by atoms with van der Waals surface area (Å²) in [6.07, 6.45) is 5.66. The predicted octanol–water partition coefficient (Wildman–Crippen LogP) is 3.21. The van der Waals surface area contributed by atoms with Crippen molar-refractivity contribution in [1.82, 2.24) is 20.1 Å². The van der Waals surface area contributed by atoms with Crippen molar-refractivity contribution in [3.63, 3.8) is 0 Å². The lowest BCUT2D eigenvalue weighted by Crippen LogP contribution is -2.50. The van der Waals surface area contributed by atoms with Crippen LogP contribution in [-0.2, 0) is 15.0 Å². The number of hydrogen-bond donors (Lipinski definition) is 2. The molecule has 0 atom stereocenters.